The Labute approximate surface area is 265 Å². The van der Waals surface area contributed by atoms with E-state index in [2.05, 4.69) is 90.1 Å². The van der Waals surface area contributed by atoms with E-state index >= 15 is 0 Å². The van der Waals surface area contributed by atoms with Crippen LogP contribution in [0.1, 0.15) is 181 Å². The van der Waals surface area contributed by atoms with E-state index in [4.69, 9.17) is 0 Å². The van der Waals surface area contributed by atoms with Crippen LogP contribution in [0.4, 0.5) is 0 Å². The van der Waals surface area contributed by atoms with Crippen LogP contribution in [0.5, 0.6) is 0 Å². The van der Waals surface area contributed by atoms with Crippen molar-refractivity contribution in [2.45, 2.75) is 176 Å². The van der Waals surface area contributed by atoms with E-state index < -0.39 is 0 Å². The van der Waals surface area contributed by atoms with Crippen molar-refractivity contribution >= 4 is 0 Å². The summed E-state index contributed by atoms with van der Waals surface area (Å²) in [4.78, 5) is 0. The van der Waals surface area contributed by atoms with Crippen molar-refractivity contribution in [3.63, 3.8) is 0 Å². The molecule has 0 N–H and O–H groups in total. The molecule has 0 radical (unpaired) electrons. The monoisotopic (exact) mass is 577 g/mol. The molecule has 0 nitrogen and oxygen atoms in total. The summed E-state index contributed by atoms with van der Waals surface area (Å²) in [6.45, 7) is 13.6. The molecule has 2 fully saturated rings. The zero-order valence-electron chi connectivity index (χ0n) is 23.6. The lowest BCUT2D eigenvalue weighted by atomic mass is 9.82. The van der Waals surface area contributed by atoms with Crippen LogP contribution < -0.4 is 0 Å². The summed E-state index contributed by atoms with van der Waals surface area (Å²) in [5.74, 6) is 3.74. The quantitative estimate of drug-likeness (QED) is 0.339. The highest BCUT2D eigenvalue weighted by Crippen LogP contribution is 2.29. The Bertz CT molecular complexity index is 658. The van der Waals surface area contributed by atoms with Crippen molar-refractivity contribution in [1.82, 2.24) is 0 Å². The van der Waals surface area contributed by atoms with Gasteiger partial charge in [-0.25, -0.2) is 0 Å². The highest BCUT2D eigenvalue weighted by molar-refractivity contribution is 5.17. The van der Waals surface area contributed by atoms with E-state index in [1.54, 1.807) is 0 Å². The van der Waals surface area contributed by atoms with Gasteiger partial charge < -0.3 is 0 Å². The van der Waals surface area contributed by atoms with Gasteiger partial charge in [0.1, 0.15) is 0 Å². The summed E-state index contributed by atoms with van der Waals surface area (Å²) in [5, 5.41) is 0. The van der Waals surface area contributed by atoms with Gasteiger partial charge in [0.2, 0.25) is 0 Å². The van der Waals surface area contributed by atoms with Gasteiger partial charge in [0.05, 0.1) is 0 Å². The lowest BCUT2D eigenvalue weighted by Crippen LogP contribution is -2.12. The van der Waals surface area contributed by atoms with Crippen molar-refractivity contribution < 1.29 is 0 Å². The first kappa shape index (κ1) is 55.4. The standard InChI is InChI=1S/C9H18.C9H12.C8H16.C8H10.7CH4/c2*1-8(2)9-6-4-3-5-7-9;2*1-2-8-6-4-3-5-7-8;;;;;;;/h8-9H,3-7H2,1-2H3;3-8H,1-2H3;8H,2-7H2,1H3;3-7H,2H2,1H3;7*1H4. The van der Waals surface area contributed by atoms with Crippen molar-refractivity contribution in [2.75, 3.05) is 0 Å². The molecular formula is C41H84. The van der Waals surface area contributed by atoms with Crippen molar-refractivity contribution in [3.05, 3.63) is 71.8 Å². The topological polar surface area (TPSA) is 0 Å². The molecule has 4 rings (SSSR count). The van der Waals surface area contributed by atoms with Crippen LogP contribution in [-0.2, 0) is 6.42 Å². The van der Waals surface area contributed by atoms with Crippen LogP contribution in [-0.4, -0.2) is 0 Å². The molecule has 0 aromatic heterocycles. The van der Waals surface area contributed by atoms with Gasteiger partial charge >= 0.3 is 0 Å². The Balaban J connectivity index is -0.0000000712. The zero-order chi connectivity index (χ0) is 25.0. The third kappa shape index (κ3) is 28.3. The maximum Gasteiger partial charge on any atom is -0.0219 e. The number of hydrogen-bond donors (Lipinski definition) is 0. The molecule has 248 valence electrons. The largest absolute Gasteiger partial charge is 0.0776 e. The first-order chi connectivity index (χ1) is 16.5. The van der Waals surface area contributed by atoms with Gasteiger partial charge in [-0.05, 0) is 41.2 Å². The predicted octanol–water partition coefficient (Wildman–Crippen LogP) is 15.7. The average molecular weight is 577 g/mol. The van der Waals surface area contributed by atoms with E-state index in [9.17, 15) is 0 Å². The first-order valence-electron chi connectivity index (χ1n) is 14.6. The molecule has 0 atom stereocenters. The SMILES string of the molecule is C.C.C.C.C.C.C.CC(C)C1CCCCC1.CC(C)c1ccccc1.CCC1CCCCC1.CCc1ccccc1. The van der Waals surface area contributed by atoms with E-state index in [0.29, 0.717) is 5.92 Å². The van der Waals surface area contributed by atoms with Crippen LogP contribution in [0.3, 0.4) is 0 Å². The van der Waals surface area contributed by atoms with Crippen molar-refractivity contribution in [2.24, 2.45) is 17.8 Å². The Morgan fingerprint density at radius 2 is 0.927 bits per heavy atom. The molecule has 2 aromatic carbocycles. The Morgan fingerprint density at radius 1 is 0.537 bits per heavy atom. The van der Waals surface area contributed by atoms with Crippen molar-refractivity contribution in [3.8, 4) is 0 Å². The van der Waals surface area contributed by atoms with Crippen LogP contribution in [0, 0.1) is 17.8 Å². The molecule has 2 aliphatic rings. The molecule has 0 unspecified atom stereocenters. The number of hydrogen-bond acceptors (Lipinski definition) is 0. The second kappa shape index (κ2) is 36.5. The predicted molar refractivity (Wildman–Crippen MR) is 202 cm³/mol. The summed E-state index contributed by atoms with van der Waals surface area (Å²) in [6.07, 6.45) is 17.5. The van der Waals surface area contributed by atoms with Gasteiger partial charge in [0.15, 0.2) is 0 Å². The molecule has 0 amide bonds. The van der Waals surface area contributed by atoms with Crippen molar-refractivity contribution in [1.29, 1.82) is 0 Å². The van der Waals surface area contributed by atoms with Gasteiger partial charge in [-0.15, -0.1) is 0 Å². The molecule has 0 heteroatoms. The molecule has 2 saturated carbocycles. The van der Waals surface area contributed by atoms with Gasteiger partial charge in [-0.3, -0.25) is 0 Å². The normalized spacial score (nSPS) is 13.7. The molecule has 0 saturated heterocycles. The summed E-state index contributed by atoms with van der Waals surface area (Å²) in [5.41, 5.74) is 2.82. The molecule has 0 spiro atoms. The van der Waals surface area contributed by atoms with Crippen LogP contribution in [0.25, 0.3) is 0 Å². The minimum atomic E-state index is 0. The van der Waals surface area contributed by atoms with E-state index in [0.717, 1.165) is 24.2 Å². The molecule has 0 aliphatic heterocycles. The minimum absolute atomic E-state index is 0. The second-order valence-electron chi connectivity index (χ2n) is 11.0. The van der Waals surface area contributed by atoms with Crippen LogP contribution in [0.15, 0.2) is 60.7 Å². The van der Waals surface area contributed by atoms with Gasteiger partial charge in [-0.2, -0.15) is 0 Å². The maximum absolute atomic E-state index is 2.36. The van der Waals surface area contributed by atoms with Gasteiger partial charge in [0, 0.05) is 0 Å². The summed E-state index contributed by atoms with van der Waals surface area (Å²) in [7, 11) is 0. The average Bonchev–Trinajstić information content (AvgIpc) is 2.91. The number of aryl methyl sites for hydroxylation is 1. The number of benzene rings is 2. The smallest absolute Gasteiger partial charge is 0.0219 e. The molecule has 2 aromatic rings. The van der Waals surface area contributed by atoms with Gasteiger partial charge in [0.25, 0.3) is 0 Å². The summed E-state index contributed by atoms with van der Waals surface area (Å²) in [6, 6.07) is 21.0. The fraction of sp³-hybridized carbons (Fsp3) is 0.707. The van der Waals surface area contributed by atoms with Crippen LogP contribution >= 0.6 is 0 Å². The summed E-state index contributed by atoms with van der Waals surface area (Å²) >= 11 is 0. The molecule has 2 aliphatic carbocycles. The van der Waals surface area contributed by atoms with Crippen LogP contribution in [0.2, 0.25) is 0 Å². The summed E-state index contributed by atoms with van der Waals surface area (Å²) < 4.78 is 0. The highest BCUT2D eigenvalue weighted by Gasteiger charge is 2.15. The fourth-order valence-corrected chi connectivity index (χ4v) is 4.95. The Morgan fingerprint density at radius 3 is 1.17 bits per heavy atom. The Kier molecular flexibility index (Phi) is 49.3. The number of rotatable bonds is 4. The van der Waals surface area contributed by atoms with E-state index in [1.807, 2.05) is 12.1 Å². The molecular weight excluding hydrogens is 492 g/mol. The fourth-order valence-electron chi connectivity index (χ4n) is 4.95. The minimum Gasteiger partial charge on any atom is -0.0776 e. The zero-order valence-corrected chi connectivity index (χ0v) is 23.6. The van der Waals surface area contributed by atoms with E-state index in [-0.39, 0.29) is 52.0 Å². The lowest BCUT2D eigenvalue weighted by molar-refractivity contribution is 0.279. The van der Waals surface area contributed by atoms with E-state index in [1.165, 1.54) is 81.8 Å². The molecule has 0 heterocycles. The third-order valence-corrected chi connectivity index (χ3v) is 7.61. The Hall–Kier alpha value is -1.56. The lowest BCUT2D eigenvalue weighted by Gasteiger charge is -2.24. The molecule has 41 heavy (non-hydrogen) atoms. The second-order valence-corrected chi connectivity index (χ2v) is 11.0. The third-order valence-electron chi connectivity index (χ3n) is 7.61. The first-order valence-corrected chi connectivity index (χ1v) is 14.6. The maximum atomic E-state index is 2.36. The highest BCUT2D eigenvalue weighted by atomic mass is 14.2. The molecule has 0 bridgehead atoms. The van der Waals surface area contributed by atoms with Gasteiger partial charge in [-0.1, -0.05) is 225 Å².